The molecule has 7 heteroatoms. The number of likely N-dealkylation sites (tertiary alicyclic amines) is 1. The number of carboxylic acids is 1. The fourth-order valence-electron chi connectivity index (χ4n) is 3.18. The number of aliphatic hydroxyl groups is 1. The van der Waals surface area contributed by atoms with E-state index in [1.54, 1.807) is 4.90 Å². The van der Waals surface area contributed by atoms with Crippen LogP contribution in [0.5, 0.6) is 0 Å². The zero-order chi connectivity index (χ0) is 15.7. The van der Waals surface area contributed by atoms with Gasteiger partial charge in [0.05, 0.1) is 22.6 Å². The Hall–Kier alpha value is -1.44. The molecule has 0 radical (unpaired) electrons. The lowest BCUT2D eigenvalue weighted by Gasteiger charge is -2.41. The van der Waals surface area contributed by atoms with Crippen LogP contribution in [0.25, 0.3) is 0 Å². The van der Waals surface area contributed by atoms with E-state index < -0.39 is 11.6 Å². The molecule has 2 fully saturated rings. The highest BCUT2D eigenvalue weighted by atomic mass is 32.1. The van der Waals surface area contributed by atoms with E-state index in [1.807, 2.05) is 0 Å². The summed E-state index contributed by atoms with van der Waals surface area (Å²) in [7, 11) is 0. The molecule has 0 spiro atoms. The highest BCUT2D eigenvalue weighted by Gasteiger charge is 2.42. The first-order chi connectivity index (χ1) is 10.5. The van der Waals surface area contributed by atoms with Gasteiger partial charge in [0.25, 0.3) is 5.91 Å². The molecule has 2 aliphatic rings. The van der Waals surface area contributed by atoms with Crippen molar-refractivity contribution in [2.45, 2.75) is 24.9 Å². The zero-order valence-electron chi connectivity index (χ0n) is 12.2. The van der Waals surface area contributed by atoms with Gasteiger partial charge in [-0.25, -0.2) is 4.79 Å². The van der Waals surface area contributed by atoms with Crippen LogP contribution in [0.4, 0.5) is 0 Å². The van der Waals surface area contributed by atoms with Crippen molar-refractivity contribution in [1.29, 1.82) is 0 Å². The van der Waals surface area contributed by atoms with Gasteiger partial charge in [-0.2, -0.15) is 0 Å². The minimum absolute atomic E-state index is 0.143. The van der Waals surface area contributed by atoms with Gasteiger partial charge < -0.3 is 19.8 Å². The highest BCUT2D eigenvalue weighted by molar-refractivity contribution is 7.12. The summed E-state index contributed by atoms with van der Waals surface area (Å²) < 4.78 is 5.35. The molecule has 2 N–H and O–H groups in total. The minimum Gasteiger partial charge on any atom is -0.478 e. The molecule has 22 heavy (non-hydrogen) atoms. The molecule has 0 saturated carbocycles. The maximum atomic E-state index is 12.4. The van der Waals surface area contributed by atoms with Gasteiger partial charge >= 0.3 is 5.97 Å². The highest BCUT2D eigenvalue weighted by Crippen LogP contribution is 2.35. The number of thiophene rings is 1. The number of amides is 1. The van der Waals surface area contributed by atoms with Crippen LogP contribution in [-0.2, 0) is 4.74 Å². The molecule has 1 aromatic rings. The number of rotatable bonds is 3. The Bertz CT molecular complexity index is 570. The number of piperidine rings is 1. The van der Waals surface area contributed by atoms with Crippen LogP contribution in [-0.4, -0.2) is 58.9 Å². The smallest absolute Gasteiger partial charge is 0.336 e. The maximum Gasteiger partial charge on any atom is 0.336 e. The van der Waals surface area contributed by atoms with Crippen molar-refractivity contribution in [2.75, 3.05) is 26.3 Å². The Morgan fingerprint density at radius 2 is 2.09 bits per heavy atom. The van der Waals surface area contributed by atoms with Crippen LogP contribution in [0, 0.1) is 5.92 Å². The van der Waals surface area contributed by atoms with E-state index in [4.69, 9.17) is 9.84 Å². The SMILES string of the molecule is O=C(O)c1csc(C(=O)N2CCC(O)(C3CCOC3)CC2)c1. The third kappa shape index (κ3) is 2.88. The molecular formula is C15H19NO5S. The molecule has 1 aromatic heterocycles. The monoisotopic (exact) mass is 325 g/mol. The zero-order valence-corrected chi connectivity index (χ0v) is 13.0. The summed E-state index contributed by atoms with van der Waals surface area (Å²) >= 11 is 1.15. The van der Waals surface area contributed by atoms with Crippen molar-refractivity contribution in [2.24, 2.45) is 5.92 Å². The molecule has 1 unspecified atom stereocenters. The number of aromatic carboxylic acids is 1. The molecule has 2 saturated heterocycles. The second-order valence-electron chi connectivity index (χ2n) is 5.96. The lowest BCUT2D eigenvalue weighted by atomic mass is 9.79. The maximum absolute atomic E-state index is 12.4. The molecule has 6 nitrogen and oxygen atoms in total. The van der Waals surface area contributed by atoms with E-state index >= 15 is 0 Å². The Balaban J connectivity index is 1.62. The quantitative estimate of drug-likeness (QED) is 0.878. The van der Waals surface area contributed by atoms with E-state index in [0.717, 1.165) is 17.8 Å². The topological polar surface area (TPSA) is 87.1 Å². The summed E-state index contributed by atoms with van der Waals surface area (Å²) in [5.41, 5.74) is -0.598. The van der Waals surface area contributed by atoms with Gasteiger partial charge in [0.15, 0.2) is 0 Å². The van der Waals surface area contributed by atoms with E-state index in [2.05, 4.69) is 0 Å². The van der Waals surface area contributed by atoms with Gasteiger partial charge in [-0.05, 0) is 25.3 Å². The third-order valence-corrected chi connectivity index (χ3v) is 5.58. The van der Waals surface area contributed by atoms with E-state index in [-0.39, 0.29) is 17.4 Å². The lowest BCUT2D eigenvalue weighted by Crippen LogP contribution is -2.50. The summed E-state index contributed by atoms with van der Waals surface area (Å²) in [5.74, 6) is -1.02. The van der Waals surface area contributed by atoms with Crippen molar-refractivity contribution >= 4 is 23.2 Å². The van der Waals surface area contributed by atoms with E-state index in [1.165, 1.54) is 11.4 Å². The molecule has 1 amide bonds. The van der Waals surface area contributed by atoms with Gasteiger partial charge in [-0.1, -0.05) is 0 Å². The normalized spacial score (nSPS) is 24.4. The van der Waals surface area contributed by atoms with Gasteiger partial charge in [-0.3, -0.25) is 4.79 Å². The van der Waals surface area contributed by atoms with Crippen molar-refractivity contribution in [3.05, 3.63) is 21.9 Å². The first kappa shape index (κ1) is 15.5. The largest absolute Gasteiger partial charge is 0.478 e. The van der Waals surface area contributed by atoms with Crippen molar-refractivity contribution in [3.8, 4) is 0 Å². The number of hydrogen-bond acceptors (Lipinski definition) is 5. The first-order valence-electron chi connectivity index (χ1n) is 7.41. The molecule has 0 aliphatic carbocycles. The number of carbonyl (C=O) groups is 2. The molecule has 120 valence electrons. The average Bonchev–Trinajstić information content (AvgIpc) is 3.19. The minimum atomic E-state index is -1.02. The molecule has 3 rings (SSSR count). The van der Waals surface area contributed by atoms with Crippen LogP contribution >= 0.6 is 11.3 Å². The third-order valence-electron chi connectivity index (χ3n) is 4.66. The van der Waals surface area contributed by atoms with Gasteiger partial charge in [0, 0.05) is 31.0 Å². The Labute approximate surface area is 132 Å². The Morgan fingerprint density at radius 3 is 2.64 bits per heavy atom. The lowest BCUT2D eigenvalue weighted by molar-refractivity contribution is -0.0629. The molecule has 1 atom stereocenters. The number of nitrogens with zero attached hydrogens (tertiary/aromatic N) is 1. The summed E-state index contributed by atoms with van der Waals surface area (Å²) in [6, 6.07) is 1.42. The second kappa shape index (κ2) is 5.98. The van der Waals surface area contributed by atoms with E-state index in [0.29, 0.717) is 44.0 Å². The molecule has 3 heterocycles. The Morgan fingerprint density at radius 1 is 1.36 bits per heavy atom. The number of carboxylic acid groups (broad SMARTS) is 1. The van der Waals surface area contributed by atoms with Gasteiger partial charge in [0.1, 0.15) is 0 Å². The van der Waals surface area contributed by atoms with Crippen molar-refractivity contribution in [1.82, 2.24) is 4.90 Å². The molecular weight excluding hydrogens is 306 g/mol. The van der Waals surface area contributed by atoms with Crippen LogP contribution in [0.2, 0.25) is 0 Å². The summed E-state index contributed by atoms with van der Waals surface area (Å²) in [5, 5.41) is 21.1. The van der Waals surface area contributed by atoms with Gasteiger partial charge in [0.2, 0.25) is 0 Å². The number of carbonyl (C=O) groups excluding carboxylic acids is 1. The van der Waals surface area contributed by atoms with Crippen LogP contribution < -0.4 is 0 Å². The standard InChI is InChI=1S/C15H19NO5S/c17-13(12-7-10(9-22-12)14(18)19)16-4-2-15(20,3-5-16)11-1-6-21-8-11/h7,9,11,20H,1-6,8H2,(H,18,19). The number of hydrogen-bond donors (Lipinski definition) is 2. The summed E-state index contributed by atoms with van der Waals surface area (Å²) in [6.07, 6.45) is 1.96. The van der Waals surface area contributed by atoms with Crippen molar-refractivity contribution in [3.63, 3.8) is 0 Å². The average molecular weight is 325 g/mol. The molecule has 0 bridgehead atoms. The second-order valence-corrected chi connectivity index (χ2v) is 6.87. The fourth-order valence-corrected chi connectivity index (χ4v) is 4.03. The van der Waals surface area contributed by atoms with E-state index in [9.17, 15) is 14.7 Å². The van der Waals surface area contributed by atoms with Crippen LogP contribution in [0.1, 0.15) is 39.3 Å². The summed E-state index contributed by atoms with van der Waals surface area (Å²) in [6.45, 7) is 2.28. The predicted molar refractivity (Wildman–Crippen MR) is 80.3 cm³/mol. The van der Waals surface area contributed by atoms with Crippen molar-refractivity contribution < 1.29 is 24.5 Å². The number of ether oxygens (including phenoxy) is 1. The van der Waals surface area contributed by atoms with Crippen LogP contribution in [0.3, 0.4) is 0 Å². The Kier molecular flexibility index (Phi) is 4.20. The van der Waals surface area contributed by atoms with Crippen LogP contribution in [0.15, 0.2) is 11.4 Å². The fraction of sp³-hybridized carbons (Fsp3) is 0.600. The first-order valence-corrected chi connectivity index (χ1v) is 8.29. The molecule has 0 aromatic carbocycles. The summed E-state index contributed by atoms with van der Waals surface area (Å²) in [4.78, 5) is 25.4. The molecule has 2 aliphatic heterocycles. The predicted octanol–water partition coefficient (Wildman–Crippen LogP) is 1.45. The van der Waals surface area contributed by atoms with Gasteiger partial charge in [-0.15, -0.1) is 11.3 Å².